The molecular weight excluding hydrogens is 338 g/mol. The van der Waals surface area contributed by atoms with Crippen LogP contribution in [-0.4, -0.2) is 41.6 Å². The lowest BCUT2D eigenvalue weighted by atomic mass is 9.98. The Hall–Kier alpha value is -1.76. The van der Waals surface area contributed by atoms with E-state index in [-0.39, 0.29) is 11.8 Å². The largest absolute Gasteiger partial charge is 0.465 e. The van der Waals surface area contributed by atoms with Crippen molar-refractivity contribution < 1.29 is 14.7 Å². The average molecular weight is 356 g/mol. The zero-order valence-corrected chi connectivity index (χ0v) is 13.1. The molecule has 1 fully saturated rings. The highest BCUT2D eigenvalue weighted by molar-refractivity contribution is 9.10. The van der Waals surface area contributed by atoms with E-state index in [4.69, 9.17) is 10.8 Å². The van der Waals surface area contributed by atoms with E-state index in [1.165, 1.54) is 4.90 Å². The van der Waals surface area contributed by atoms with Crippen LogP contribution in [0.15, 0.2) is 22.7 Å². The maximum atomic E-state index is 12.1. The van der Waals surface area contributed by atoms with Crippen LogP contribution in [0, 0.1) is 5.92 Å². The molecule has 2 amide bonds. The van der Waals surface area contributed by atoms with Crippen LogP contribution in [0.1, 0.15) is 23.2 Å². The Morgan fingerprint density at radius 1 is 1.48 bits per heavy atom. The van der Waals surface area contributed by atoms with Crippen molar-refractivity contribution in [2.45, 2.75) is 12.8 Å². The third kappa shape index (κ3) is 4.10. The number of hydrogen-bond donors (Lipinski definition) is 3. The molecule has 1 aliphatic heterocycles. The van der Waals surface area contributed by atoms with Crippen LogP contribution in [0.25, 0.3) is 0 Å². The second kappa shape index (κ2) is 6.80. The fraction of sp³-hybridized carbons (Fsp3) is 0.429. The maximum Gasteiger partial charge on any atom is 0.407 e. The lowest BCUT2D eigenvalue weighted by molar-refractivity contribution is 0.0929. The number of anilines is 1. The summed E-state index contributed by atoms with van der Waals surface area (Å²) in [5.41, 5.74) is 6.64. The molecule has 0 bridgehead atoms. The predicted octanol–water partition coefficient (Wildman–Crippen LogP) is 2.15. The number of benzene rings is 1. The van der Waals surface area contributed by atoms with Crippen LogP contribution in [0.5, 0.6) is 0 Å². The van der Waals surface area contributed by atoms with Gasteiger partial charge in [-0.3, -0.25) is 4.79 Å². The topological polar surface area (TPSA) is 95.7 Å². The molecule has 1 aromatic rings. The molecule has 4 N–H and O–H groups in total. The van der Waals surface area contributed by atoms with Crippen LogP contribution < -0.4 is 11.1 Å². The Morgan fingerprint density at radius 3 is 2.95 bits per heavy atom. The summed E-state index contributed by atoms with van der Waals surface area (Å²) >= 11 is 3.31. The van der Waals surface area contributed by atoms with Gasteiger partial charge >= 0.3 is 6.09 Å². The van der Waals surface area contributed by atoms with Crippen molar-refractivity contribution in [1.82, 2.24) is 10.2 Å². The zero-order chi connectivity index (χ0) is 15.4. The zero-order valence-electron chi connectivity index (χ0n) is 11.5. The van der Waals surface area contributed by atoms with E-state index in [2.05, 4.69) is 21.2 Å². The fourth-order valence-corrected chi connectivity index (χ4v) is 2.82. The smallest absolute Gasteiger partial charge is 0.407 e. The van der Waals surface area contributed by atoms with E-state index in [0.29, 0.717) is 30.9 Å². The third-order valence-electron chi connectivity index (χ3n) is 3.60. The van der Waals surface area contributed by atoms with Gasteiger partial charge in [0, 0.05) is 29.8 Å². The number of amides is 2. The Labute approximate surface area is 131 Å². The number of rotatable bonds is 3. The summed E-state index contributed by atoms with van der Waals surface area (Å²) in [6.07, 6.45) is 0.839. The van der Waals surface area contributed by atoms with Crippen molar-refractivity contribution in [1.29, 1.82) is 0 Å². The van der Waals surface area contributed by atoms with E-state index < -0.39 is 6.09 Å². The Morgan fingerprint density at radius 2 is 2.24 bits per heavy atom. The van der Waals surface area contributed by atoms with Gasteiger partial charge < -0.3 is 21.1 Å². The Kier molecular flexibility index (Phi) is 5.06. The maximum absolute atomic E-state index is 12.1. The van der Waals surface area contributed by atoms with Gasteiger partial charge in [-0.05, 0) is 37.0 Å². The molecule has 0 unspecified atom stereocenters. The lowest BCUT2D eigenvalue weighted by Gasteiger charge is -2.30. The molecule has 21 heavy (non-hydrogen) atoms. The number of likely N-dealkylation sites (tertiary alicyclic amines) is 1. The molecule has 1 aliphatic rings. The molecule has 2 rings (SSSR count). The van der Waals surface area contributed by atoms with E-state index in [1.54, 1.807) is 18.2 Å². The predicted molar refractivity (Wildman–Crippen MR) is 83.2 cm³/mol. The fourth-order valence-electron chi connectivity index (χ4n) is 2.46. The summed E-state index contributed by atoms with van der Waals surface area (Å²) in [5.74, 6) is -0.0894. The van der Waals surface area contributed by atoms with Gasteiger partial charge in [0.15, 0.2) is 0 Å². The van der Waals surface area contributed by atoms with E-state index in [1.807, 2.05) is 0 Å². The highest BCUT2D eigenvalue weighted by Gasteiger charge is 2.23. The van der Waals surface area contributed by atoms with Gasteiger partial charge in [0.2, 0.25) is 0 Å². The first-order chi connectivity index (χ1) is 9.97. The van der Waals surface area contributed by atoms with Gasteiger partial charge in [-0.1, -0.05) is 15.9 Å². The molecule has 7 heteroatoms. The molecule has 0 spiro atoms. The lowest BCUT2D eigenvalue weighted by Crippen LogP contribution is -2.43. The molecular formula is C14H18BrN3O3. The number of carbonyl (C=O) groups excluding carboxylic acids is 1. The summed E-state index contributed by atoms with van der Waals surface area (Å²) < 4.78 is 0.788. The summed E-state index contributed by atoms with van der Waals surface area (Å²) in [5, 5.41) is 11.8. The first kappa shape index (κ1) is 15.6. The number of carbonyl (C=O) groups is 2. The van der Waals surface area contributed by atoms with Crippen molar-refractivity contribution in [2.75, 3.05) is 25.4 Å². The second-order valence-electron chi connectivity index (χ2n) is 5.18. The van der Waals surface area contributed by atoms with Crippen LogP contribution in [0.2, 0.25) is 0 Å². The van der Waals surface area contributed by atoms with Gasteiger partial charge in [-0.15, -0.1) is 0 Å². The molecule has 1 aromatic carbocycles. The molecule has 1 heterocycles. The van der Waals surface area contributed by atoms with Crippen LogP contribution in [0.3, 0.4) is 0 Å². The highest BCUT2D eigenvalue weighted by atomic mass is 79.9. The number of carboxylic acid groups (broad SMARTS) is 1. The number of nitrogens with zero attached hydrogens (tertiary/aromatic N) is 1. The van der Waals surface area contributed by atoms with Gasteiger partial charge in [0.1, 0.15) is 0 Å². The number of hydrogen-bond acceptors (Lipinski definition) is 3. The summed E-state index contributed by atoms with van der Waals surface area (Å²) in [6.45, 7) is 1.48. The normalized spacial score (nSPS) is 18.3. The number of nitrogens with one attached hydrogen (secondary N) is 1. The minimum Gasteiger partial charge on any atom is -0.465 e. The average Bonchev–Trinajstić information content (AvgIpc) is 2.47. The van der Waals surface area contributed by atoms with E-state index in [0.717, 1.165) is 17.3 Å². The van der Waals surface area contributed by atoms with Gasteiger partial charge in [0.25, 0.3) is 5.91 Å². The standard InChI is InChI=1S/C14H18BrN3O3/c15-10-3-4-12(16)11(6-10)13(19)17-7-9-2-1-5-18(8-9)14(20)21/h3-4,6,9H,1-2,5,7-8,16H2,(H,17,19)(H,20,21)/t9-/m1/s1. The van der Waals surface area contributed by atoms with Crippen LogP contribution >= 0.6 is 15.9 Å². The number of halogens is 1. The quantitative estimate of drug-likeness (QED) is 0.723. The molecule has 0 radical (unpaired) electrons. The monoisotopic (exact) mass is 355 g/mol. The first-order valence-corrected chi connectivity index (χ1v) is 7.57. The van der Waals surface area contributed by atoms with Gasteiger partial charge in [-0.2, -0.15) is 0 Å². The SMILES string of the molecule is Nc1ccc(Br)cc1C(=O)NC[C@H]1CCCN(C(=O)O)C1. The van der Waals surface area contributed by atoms with Crippen molar-refractivity contribution in [3.05, 3.63) is 28.2 Å². The van der Waals surface area contributed by atoms with Crippen LogP contribution in [-0.2, 0) is 0 Å². The van der Waals surface area contributed by atoms with Gasteiger partial charge in [0.05, 0.1) is 5.56 Å². The molecule has 1 saturated heterocycles. The Balaban J connectivity index is 1.92. The molecule has 0 aliphatic carbocycles. The van der Waals surface area contributed by atoms with Crippen LogP contribution in [0.4, 0.5) is 10.5 Å². The number of nitrogens with two attached hydrogens (primary N) is 1. The highest BCUT2D eigenvalue weighted by Crippen LogP contribution is 2.19. The van der Waals surface area contributed by atoms with E-state index >= 15 is 0 Å². The second-order valence-corrected chi connectivity index (χ2v) is 6.09. The molecule has 114 valence electrons. The van der Waals surface area contributed by atoms with E-state index in [9.17, 15) is 9.59 Å². The first-order valence-electron chi connectivity index (χ1n) is 6.78. The summed E-state index contributed by atoms with van der Waals surface area (Å²) in [6, 6.07) is 5.12. The van der Waals surface area contributed by atoms with Crippen molar-refractivity contribution >= 4 is 33.6 Å². The number of piperidine rings is 1. The molecule has 6 nitrogen and oxygen atoms in total. The molecule has 0 saturated carbocycles. The van der Waals surface area contributed by atoms with Crippen molar-refractivity contribution in [3.8, 4) is 0 Å². The van der Waals surface area contributed by atoms with Gasteiger partial charge in [-0.25, -0.2) is 4.79 Å². The third-order valence-corrected chi connectivity index (χ3v) is 4.09. The molecule has 1 atom stereocenters. The minimum absolute atomic E-state index is 0.146. The summed E-state index contributed by atoms with van der Waals surface area (Å²) in [7, 11) is 0. The molecule has 0 aromatic heterocycles. The Bertz CT molecular complexity index is 550. The van der Waals surface area contributed by atoms with Crippen molar-refractivity contribution in [3.63, 3.8) is 0 Å². The minimum atomic E-state index is -0.901. The van der Waals surface area contributed by atoms with Crippen molar-refractivity contribution in [2.24, 2.45) is 5.92 Å². The number of nitrogen functional groups attached to an aromatic ring is 1. The summed E-state index contributed by atoms with van der Waals surface area (Å²) in [4.78, 5) is 24.5.